The van der Waals surface area contributed by atoms with Crippen molar-refractivity contribution < 1.29 is 14.5 Å². The van der Waals surface area contributed by atoms with Gasteiger partial charge in [0.25, 0.3) is 7.22 Å². The van der Waals surface area contributed by atoms with E-state index < -0.39 is 17.8 Å². The van der Waals surface area contributed by atoms with Crippen LogP contribution in [0.25, 0.3) is 0 Å². The number of aromatic hydroxyl groups is 1. The highest BCUT2D eigenvalue weighted by Crippen LogP contribution is 2.25. The van der Waals surface area contributed by atoms with Gasteiger partial charge in [0.05, 0.1) is 5.56 Å². The molecule has 1 unspecified atom stereocenters. The van der Waals surface area contributed by atoms with Crippen molar-refractivity contribution in [3.05, 3.63) is 23.8 Å². The first kappa shape index (κ1) is 12.3. The highest BCUT2D eigenvalue weighted by molar-refractivity contribution is 8.21. The number of rotatable bonds is 3. The Balaban J connectivity index is 3.11. The summed E-state index contributed by atoms with van der Waals surface area (Å²) in [6.45, 7) is 5.99. The average molecular weight is 242 g/mol. The smallest absolute Gasteiger partial charge is 0.290 e. The first-order chi connectivity index (χ1) is 6.86. The Morgan fingerprint density at radius 3 is 2.47 bits per heavy atom. The molecule has 5 heteroatoms. The van der Waals surface area contributed by atoms with Gasteiger partial charge >= 0.3 is 0 Å². The van der Waals surface area contributed by atoms with Crippen molar-refractivity contribution >= 4 is 24.1 Å². The molecule has 1 rings (SSSR count). The van der Waals surface area contributed by atoms with Crippen LogP contribution < -0.4 is 0 Å². The SMILES string of the molecule is C[Si](C)(C)[S+]([O-])c1ccc(O)c(C=O)c1. The molecule has 0 aliphatic carbocycles. The molecule has 0 fully saturated rings. The lowest BCUT2D eigenvalue weighted by Crippen LogP contribution is -2.33. The summed E-state index contributed by atoms with van der Waals surface area (Å²) in [7, 11) is -2.83. The van der Waals surface area contributed by atoms with Crippen molar-refractivity contribution in [2.45, 2.75) is 24.5 Å². The van der Waals surface area contributed by atoms with Crippen molar-refractivity contribution in [1.29, 1.82) is 0 Å². The Morgan fingerprint density at radius 1 is 1.40 bits per heavy atom. The molecule has 0 amide bonds. The second-order valence-electron chi connectivity index (χ2n) is 4.22. The fourth-order valence-corrected chi connectivity index (χ4v) is 4.73. The highest BCUT2D eigenvalue weighted by atomic mass is 32.4. The van der Waals surface area contributed by atoms with Gasteiger partial charge in [0.2, 0.25) is 0 Å². The van der Waals surface area contributed by atoms with Gasteiger partial charge in [-0.3, -0.25) is 4.79 Å². The molecular formula is C10H14O3SSi. The minimum absolute atomic E-state index is 0.0682. The number of phenolic OH excluding ortho intramolecular Hbond substituents is 1. The molecule has 3 nitrogen and oxygen atoms in total. The van der Waals surface area contributed by atoms with Crippen molar-refractivity contribution in [1.82, 2.24) is 0 Å². The van der Waals surface area contributed by atoms with Crippen LogP contribution in [-0.2, 0) is 10.6 Å². The van der Waals surface area contributed by atoms with Crippen LogP contribution >= 0.6 is 0 Å². The van der Waals surface area contributed by atoms with Gasteiger partial charge in [-0.1, -0.05) is 10.6 Å². The third-order valence-corrected chi connectivity index (χ3v) is 7.73. The Morgan fingerprint density at radius 2 is 2.00 bits per heavy atom. The molecule has 82 valence electrons. The second kappa shape index (κ2) is 4.38. The predicted molar refractivity (Wildman–Crippen MR) is 63.2 cm³/mol. The second-order valence-corrected chi connectivity index (χ2v) is 14.2. The zero-order chi connectivity index (χ0) is 11.6. The van der Waals surface area contributed by atoms with Gasteiger partial charge in [0.1, 0.15) is 10.6 Å². The van der Waals surface area contributed by atoms with Gasteiger partial charge in [-0.15, -0.1) is 0 Å². The van der Waals surface area contributed by atoms with Gasteiger partial charge in [0, 0.05) is 6.07 Å². The quantitative estimate of drug-likeness (QED) is 0.502. The predicted octanol–water partition coefficient (Wildman–Crippen LogP) is 2.15. The molecule has 15 heavy (non-hydrogen) atoms. The van der Waals surface area contributed by atoms with Gasteiger partial charge < -0.3 is 9.66 Å². The van der Waals surface area contributed by atoms with Crippen LogP contribution in [0.1, 0.15) is 10.4 Å². The minimum Gasteiger partial charge on any atom is -0.627 e. The van der Waals surface area contributed by atoms with Crippen LogP contribution in [0.3, 0.4) is 0 Å². The normalized spacial score (nSPS) is 13.6. The van der Waals surface area contributed by atoms with Crippen LogP contribution in [0.15, 0.2) is 23.1 Å². The third-order valence-electron chi connectivity index (χ3n) is 1.90. The van der Waals surface area contributed by atoms with Gasteiger partial charge in [0.15, 0.2) is 6.29 Å². The lowest BCUT2D eigenvalue weighted by Gasteiger charge is -2.22. The number of hydrogen-bond donors (Lipinski definition) is 1. The zero-order valence-electron chi connectivity index (χ0n) is 8.98. The first-order valence-corrected chi connectivity index (χ1v) is 9.94. The number of benzene rings is 1. The Kier molecular flexibility index (Phi) is 3.59. The van der Waals surface area contributed by atoms with Crippen molar-refractivity contribution in [2.24, 2.45) is 0 Å². The summed E-state index contributed by atoms with van der Waals surface area (Å²) >= 11 is 0. The molecule has 1 aromatic rings. The summed E-state index contributed by atoms with van der Waals surface area (Å²) < 4.78 is 12.0. The standard InChI is InChI=1S/C10H14O3SSi/c1-15(2,3)14(13)9-4-5-10(12)8(6-9)7-11/h4-7,12H,1-3H3. The first-order valence-electron chi connectivity index (χ1n) is 4.56. The molecule has 0 aliphatic heterocycles. The number of aldehydes is 1. The van der Waals surface area contributed by atoms with E-state index in [9.17, 15) is 14.5 Å². The summed E-state index contributed by atoms with van der Waals surface area (Å²) in [6.07, 6.45) is 0.570. The van der Waals surface area contributed by atoms with E-state index in [1.165, 1.54) is 12.1 Å². The maximum absolute atomic E-state index is 12.0. The number of carbonyl (C=O) groups is 1. The van der Waals surface area contributed by atoms with Crippen molar-refractivity contribution in [3.63, 3.8) is 0 Å². The maximum Gasteiger partial charge on any atom is 0.290 e. The molecule has 0 aromatic heterocycles. The topological polar surface area (TPSA) is 60.4 Å². The van der Waals surface area contributed by atoms with Gasteiger partial charge in [-0.05, 0) is 31.8 Å². The third kappa shape index (κ3) is 2.84. The van der Waals surface area contributed by atoms with Gasteiger partial charge in [-0.25, -0.2) is 0 Å². The average Bonchev–Trinajstić information content (AvgIpc) is 2.16. The monoisotopic (exact) mass is 242 g/mol. The highest BCUT2D eigenvalue weighted by Gasteiger charge is 2.32. The molecule has 0 saturated carbocycles. The molecule has 0 radical (unpaired) electrons. The number of carbonyl (C=O) groups excluding carboxylic acids is 1. The van der Waals surface area contributed by atoms with E-state index in [0.717, 1.165) is 0 Å². The fraction of sp³-hybridized carbons (Fsp3) is 0.300. The molecule has 1 N–H and O–H groups in total. The van der Waals surface area contributed by atoms with E-state index >= 15 is 0 Å². The van der Waals surface area contributed by atoms with E-state index in [0.29, 0.717) is 11.2 Å². The van der Waals surface area contributed by atoms with Crippen molar-refractivity contribution in [2.75, 3.05) is 0 Å². The number of phenols is 1. The zero-order valence-corrected chi connectivity index (χ0v) is 10.8. The van der Waals surface area contributed by atoms with E-state index in [2.05, 4.69) is 0 Å². The van der Waals surface area contributed by atoms with E-state index in [-0.39, 0.29) is 11.3 Å². The van der Waals surface area contributed by atoms with E-state index in [1.807, 2.05) is 19.6 Å². The molecular weight excluding hydrogens is 228 g/mol. The largest absolute Gasteiger partial charge is 0.627 e. The summed E-state index contributed by atoms with van der Waals surface area (Å²) in [6, 6.07) is 4.52. The Bertz CT molecular complexity index is 373. The van der Waals surface area contributed by atoms with Crippen LogP contribution in [-0.4, -0.2) is 23.2 Å². The van der Waals surface area contributed by atoms with E-state index in [1.54, 1.807) is 6.07 Å². The maximum atomic E-state index is 12.0. The summed E-state index contributed by atoms with van der Waals surface area (Å²) in [5, 5.41) is 9.30. The Hall–Kier alpha value is -0.783. The fourth-order valence-electron chi connectivity index (χ4n) is 1.10. The lowest BCUT2D eigenvalue weighted by atomic mass is 10.2. The van der Waals surface area contributed by atoms with Crippen LogP contribution in [0.4, 0.5) is 0 Å². The number of hydrogen-bond acceptors (Lipinski definition) is 3. The lowest BCUT2D eigenvalue weighted by molar-refractivity contribution is 0.112. The molecule has 0 aliphatic rings. The van der Waals surface area contributed by atoms with Crippen LogP contribution in [0.2, 0.25) is 19.6 Å². The van der Waals surface area contributed by atoms with E-state index in [4.69, 9.17) is 0 Å². The minimum atomic E-state index is -1.78. The van der Waals surface area contributed by atoms with Crippen LogP contribution in [0, 0.1) is 0 Å². The van der Waals surface area contributed by atoms with Crippen LogP contribution in [0.5, 0.6) is 5.75 Å². The Labute approximate surface area is 93.0 Å². The molecule has 0 heterocycles. The molecule has 0 saturated heterocycles. The van der Waals surface area contributed by atoms with Crippen molar-refractivity contribution in [3.8, 4) is 5.75 Å². The molecule has 0 spiro atoms. The summed E-state index contributed by atoms with van der Waals surface area (Å²) in [4.78, 5) is 11.2. The summed E-state index contributed by atoms with van der Waals surface area (Å²) in [5.74, 6) is -0.0682. The molecule has 1 aromatic carbocycles. The molecule has 0 bridgehead atoms. The molecule has 1 atom stereocenters. The summed E-state index contributed by atoms with van der Waals surface area (Å²) in [5.41, 5.74) is 0.194. The van der Waals surface area contributed by atoms with Gasteiger partial charge in [-0.2, -0.15) is 0 Å².